The highest BCUT2D eigenvalue weighted by molar-refractivity contribution is 9.10. The number of anilines is 2. The van der Waals surface area contributed by atoms with Gasteiger partial charge in [-0.2, -0.15) is 4.98 Å². The van der Waals surface area contributed by atoms with Crippen LogP contribution >= 0.6 is 15.9 Å². The number of nitrogens with two attached hydrogens (primary N) is 1. The summed E-state index contributed by atoms with van der Waals surface area (Å²) in [5, 5.41) is 2.96. The maximum Gasteiger partial charge on any atom is 0.241 e. The van der Waals surface area contributed by atoms with Crippen molar-refractivity contribution < 1.29 is 4.79 Å². The van der Waals surface area contributed by atoms with Gasteiger partial charge in [0.05, 0.1) is 11.0 Å². The topological polar surface area (TPSA) is 84.1 Å². The van der Waals surface area contributed by atoms with E-state index in [0.717, 1.165) is 25.9 Å². The van der Waals surface area contributed by atoms with Gasteiger partial charge in [-0.15, -0.1) is 0 Å². The Hall–Kier alpha value is -1.37. The molecule has 1 aliphatic heterocycles. The van der Waals surface area contributed by atoms with Crippen molar-refractivity contribution in [3.8, 4) is 0 Å². The molecule has 2 heterocycles. The van der Waals surface area contributed by atoms with E-state index >= 15 is 0 Å². The van der Waals surface area contributed by atoms with Crippen molar-refractivity contribution in [3.63, 3.8) is 0 Å². The normalized spacial score (nSPS) is 15.0. The van der Waals surface area contributed by atoms with Crippen LogP contribution in [0, 0.1) is 0 Å². The number of nitrogens with one attached hydrogen (secondary N) is 1. The molecule has 1 aromatic heterocycles. The Bertz CT molecular complexity index is 419. The smallest absolute Gasteiger partial charge is 0.241 e. The molecule has 7 heteroatoms. The predicted octanol–water partition coefficient (Wildman–Crippen LogP) is 0.856. The van der Waals surface area contributed by atoms with Crippen LogP contribution in [0.2, 0.25) is 0 Å². The number of hydrogen-bond acceptors (Lipinski definition) is 5. The molecule has 0 aromatic carbocycles. The maximum absolute atomic E-state index is 11.8. The largest absolute Gasteiger partial charge is 0.368 e. The lowest BCUT2D eigenvalue weighted by Gasteiger charge is -2.16. The first kappa shape index (κ1) is 12.1. The Morgan fingerprint density at radius 2 is 2.24 bits per heavy atom. The number of halogens is 1. The van der Waals surface area contributed by atoms with Crippen LogP contribution in [0.15, 0.2) is 10.7 Å². The molecule has 1 aromatic rings. The highest BCUT2D eigenvalue weighted by Crippen LogP contribution is 2.19. The van der Waals surface area contributed by atoms with Gasteiger partial charge in [-0.3, -0.25) is 4.79 Å². The van der Waals surface area contributed by atoms with Crippen LogP contribution in [0.5, 0.6) is 0 Å². The molecule has 0 saturated carbocycles. The average molecular weight is 300 g/mol. The van der Waals surface area contributed by atoms with Crippen LogP contribution in [0.4, 0.5) is 11.8 Å². The quantitative estimate of drug-likeness (QED) is 0.865. The molecule has 0 radical (unpaired) electrons. The van der Waals surface area contributed by atoms with E-state index in [2.05, 4.69) is 31.2 Å². The first-order valence-corrected chi connectivity index (χ1v) is 6.26. The molecule has 1 fully saturated rings. The SMILES string of the molecule is Nc1ncc(Br)c(NCC(=O)N2CCCC2)n1. The van der Waals surface area contributed by atoms with E-state index in [4.69, 9.17) is 5.73 Å². The summed E-state index contributed by atoms with van der Waals surface area (Å²) in [6.07, 6.45) is 3.75. The number of nitrogens with zero attached hydrogens (tertiary/aromatic N) is 3. The van der Waals surface area contributed by atoms with Crippen LogP contribution < -0.4 is 11.1 Å². The second kappa shape index (κ2) is 5.31. The van der Waals surface area contributed by atoms with Crippen LogP contribution in [0.25, 0.3) is 0 Å². The highest BCUT2D eigenvalue weighted by atomic mass is 79.9. The number of carbonyl (C=O) groups is 1. The molecule has 1 aliphatic rings. The van der Waals surface area contributed by atoms with E-state index in [1.165, 1.54) is 0 Å². The minimum atomic E-state index is 0.0894. The van der Waals surface area contributed by atoms with E-state index < -0.39 is 0 Å². The van der Waals surface area contributed by atoms with Gasteiger partial charge in [-0.05, 0) is 28.8 Å². The van der Waals surface area contributed by atoms with Crippen LogP contribution in [-0.2, 0) is 4.79 Å². The molecule has 1 amide bonds. The molecule has 92 valence electrons. The lowest BCUT2D eigenvalue weighted by Crippen LogP contribution is -2.33. The van der Waals surface area contributed by atoms with Gasteiger partial charge in [0, 0.05) is 19.3 Å². The first-order chi connectivity index (χ1) is 8.16. The minimum absolute atomic E-state index is 0.0894. The Kier molecular flexibility index (Phi) is 3.78. The minimum Gasteiger partial charge on any atom is -0.368 e. The molecule has 0 bridgehead atoms. The Labute approximate surface area is 108 Å². The summed E-state index contributed by atoms with van der Waals surface area (Å²) in [5.41, 5.74) is 5.48. The van der Waals surface area contributed by atoms with Gasteiger partial charge in [-0.1, -0.05) is 0 Å². The van der Waals surface area contributed by atoms with E-state index in [1.54, 1.807) is 6.20 Å². The zero-order valence-corrected chi connectivity index (χ0v) is 10.9. The van der Waals surface area contributed by atoms with Gasteiger partial charge < -0.3 is 16.0 Å². The van der Waals surface area contributed by atoms with E-state index in [9.17, 15) is 4.79 Å². The lowest BCUT2D eigenvalue weighted by atomic mass is 10.4. The molecule has 17 heavy (non-hydrogen) atoms. The number of rotatable bonds is 3. The molecule has 0 spiro atoms. The van der Waals surface area contributed by atoms with Crippen molar-refractivity contribution in [1.82, 2.24) is 14.9 Å². The second-order valence-corrected chi connectivity index (χ2v) is 4.72. The van der Waals surface area contributed by atoms with Gasteiger partial charge in [0.15, 0.2) is 0 Å². The fourth-order valence-electron chi connectivity index (χ4n) is 1.74. The molecular weight excluding hydrogens is 286 g/mol. The molecular formula is C10H14BrN5O. The zero-order valence-electron chi connectivity index (χ0n) is 9.32. The summed E-state index contributed by atoms with van der Waals surface area (Å²) in [6, 6.07) is 0. The highest BCUT2D eigenvalue weighted by Gasteiger charge is 2.17. The number of aromatic nitrogens is 2. The molecule has 0 aliphatic carbocycles. The van der Waals surface area contributed by atoms with E-state index in [-0.39, 0.29) is 18.4 Å². The van der Waals surface area contributed by atoms with Gasteiger partial charge in [0.2, 0.25) is 11.9 Å². The summed E-state index contributed by atoms with van der Waals surface area (Å²) in [7, 11) is 0. The van der Waals surface area contributed by atoms with Gasteiger partial charge in [-0.25, -0.2) is 4.98 Å². The number of nitrogen functional groups attached to an aromatic ring is 1. The second-order valence-electron chi connectivity index (χ2n) is 3.87. The third-order valence-electron chi connectivity index (χ3n) is 2.63. The number of amides is 1. The van der Waals surface area contributed by atoms with Crippen LogP contribution in [-0.4, -0.2) is 40.4 Å². The van der Waals surface area contributed by atoms with E-state index in [0.29, 0.717) is 10.3 Å². The van der Waals surface area contributed by atoms with Crippen molar-refractivity contribution in [2.75, 3.05) is 30.7 Å². The van der Waals surface area contributed by atoms with Crippen molar-refractivity contribution in [3.05, 3.63) is 10.7 Å². The summed E-state index contributed by atoms with van der Waals surface area (Å²) in [4.78, 5) is 21.5. The standard InChI is InChI=1S/C10H14BrN5O/c11-7-5-14-10(12)15-9(7)13-6-8(17)16-3-1-2-4-16/h5H,1-4,6H2,(H3,12,13,14,15). The molecule has 0 unspecified atom stereocenters. The van der Waals surface area contributed by atoms with Crippen molar-refractivity contribution in [2.24, 2.45) is 0 Å². The molecule has 0 atom stereocenters. The lowest BCUT2D eigenvalue weighted by molar-refractivity contribution is -0.128. The molecule has 6 nitrogen and oxygen atoms in total. The van der Waals surface area contributed by atoms with Crippen LogP contribution in [0.3, 0.4) is 0 Å². The third-order valence-corrected chi connectivity index (χ3v) is 3.21. The van der Waals surface area contributed by atoms with Gasteiger partial charge in [0.1, 0.15) is 5.82 Å². The first-order valence-electron chi connectivity index (χ1n) is 5.46. The summed E-state index contributed by atoms with van der Waals surface area (Å²) >= 11 is 3.30. The average Bonchev–Trinajstić information content (AvgIpc) is 2.83. The number of likely N-dealkylation sites (tertiary alicyclic amines) is 1. The monoisotopic (exact) mass is 299 g/mol. The summed E-state index contributed by atoms with van der Waals surface area (Å²) in [6.45, 7) is 1.94. The van der Waals surface area contributed by atoms with Gasteiger partial charge >= 0.3 is 0 Å². The summed E-state index contributed by atoms with van der Waals surface area (Å²) < 4.78 is 0.695. The Morgan fingerprint density at radius 1 is 1.53 bits per heavy atom. The van der Waals surface area contributed by atoms with Crippen LogP contribution in [0.1, 0.15) is 12.8 Å². The molecule has 1 saturated heterocycles. The van der Waals surface area contributed by atoms with Crippen molar-refractivity contribution >= 4 is 33.6 Å². The number of carbonyl (C=O) groups excluding carboxylic acids is 1. The van der Waals surface area contributed by atoms with E-state index in [1.807, 2.05) is 4.90 Å². The number of hydrogen-bond donors (Lipinski definition) is 2. The van der Waals surface area contributed by atoms with Gasteiger partial charge in [0.25, 0.3) is 0 Å². The fraction of sp³-hybridized carbons (Fsp3) is 0.500. The summed E-state index contributed by atoms with van der Waals surface area (Å²) in [5.74, 6) is 0.820. The molecule has 2 rings (SSSR count). The molecule has 3 N–H and O–H groups in total. The fourth-order valence-corrected chi connectivity index (χ4v) is 2.07. The van der Waals surface area contributed by atoms with Crippen molar-refractivity contribution in [1.29, 1.82) is 0 Å². The Morgan fingerprint density at radius 3 is 2.94 bits per heavy atom. The van der Waals surface area contributed by atoms with Crippen molar-refractivity contribution in [2.45, 2.75) is 12.8 Å². The third kappa shape index (κ3) is 3.06. The Balaban J connectivity index is 1.92. The maximum atomic E-state index is 11.8. The zero-order chi connectivity index (χ0) is 12.3. The predicted molar refractivity (Wildman–Crippen MR) is 68.4 cm³/mol.